The van der Waals surface area contributed by atoms with Crippen LogP contribution in [0.25, 0.3) is 0 Å². The molecule has 0 aliphatic rings. The van der Waals surface area contributed by atoms with Gasteiger partial charge in [-0.1, -0.05) is 6.07 Å². The molecule has 1 aromatic rings. The molecular formula is C14H21NO4. The Kier molecular flexibility index (Phi) is 6.15. The van der Waals surface area contributed by atoms with Crippen LogP contribution in [0.4, 0.5) is 0 Å². The summed E-state index contributed by atoms with van der Waals surface area (Å²) in [6.07, 6.45) is 0.761. The minimum Gasteiger partial charge on any atom is -0.490 e. The highest BCUT2D eigenvalue weighted by molar-refractivity contribution is 5.71. The summed E-state index contributed by atoms with van der Waals surface area (Å²) in [6, 6.07) is 5.67. The summed E-state index contributed by atoms with van der Waals surface area (Å²) in [5, 5.41) is 0. The molecule has 0 radical (unpaired) electrons. The Morgan fingerprint density at radius 1 is 1.32 bits per heavy atom. The zero-order chi connectivity index (χ0) is 14.3. The highest BCUT2D eigenvalue weighted by atomic mass is 16.6. The largest absolute Gasteiger partial charge is 0.490 e. The highest BCUT2D eigenvalue weighted by Crippen LogP contribution is 2.28. The molecule has 1 atom stereocenters. The number of carbonyl (C=O) groups is 1. The van der Waals surface area contributed by atoms with Crippen LogP contribution < -0.4 is 15.2 Å². The first kappa shape index (κ1) is 15.3. The van der Waals surface area contributed by atoms with E-state index in [1.807, 2.05) is 26.0 Å². The summed E-state index contributed by atoms with van der Waals surface area (Å²) in [6.45, 7) is 4.23. The van der Waals surface area contributed by atoms with Crippen LogP contribution >= 0.6 is 0 Å². The summed E-state index contributed by atoms with van der Waals surface area (Å²) in [5.41, 5.74) is 6.84. The van der Waals surface area contributed by atoms with Crippen molar-refractivity contribution < 1.29 is 19.0 Å². The maximum atomic E-state index is 11.1. The molecule has 0 bridgehead atoms. The van der Waals surface area contributed by atoms with E-state index in [0.717, 1.165) is 12.0 Å². The average Bonchev–Trinajstić information content (AvgIpc) is 2.37. The Morgan fingerprint density at radius 3 is 2.63 bits per heavy atom. The number of hydrogen-bond donors (Lipinski definition) is 1. The molecule has 0 heterocycles. The topological polar surface area (TPSA) is 70.8 Å². The SMILES string of the molecule is CCOc1cc(CC(C)N)ccc1OCC(=O)OC. The van der Waals surface area contributed by atoms with Gasteiger partial charge in [-0.2, -0.15) is 0 Å². The number of nitrogens with two attached hydrogens (primary N) is 1. The lowest BCUT2D eigenvalue weighted by Crippen LogP contribution is -2.18. The summed E-state index contributed by atoms with van der Waals surface area (Å²) < 4.78 is 15.4. The maximum Gasteiger partial charge on any atom is 0.343 e. The van der Waals surface area contributed by atoms with Gasteiger partial charge in [0.25, 0.3) is 0 Å². The quantitative estimate of drug-likeness (QED) is 0.758. The Hall–Kier alpha value is -1.75. The number of ether oxygens (including phenoxy) is 3. The van der Waals surface area contributed by atoms with Crippen LogP contribution in [0, 0.1) is 0 Å². The lowest BCUT2D eigenvalue weighted by Gasteiger charge is -2.13. The molecule has 2 N–H and O–H groups in total. The third-order valence-electron chi connectivity index (χ3n) is 2.44. The van der Waals surface area contributed by atoms with Crippen LogP contribution in [0.5, 0.6) is 11.5 Å². The molecule has 0 aromatic heterocycles. The predicted molar refractivity (Wildman–Crippen MR) is 72.5 cm³/mol. The van der Waals surface area contributed by atoms with E-state index in [-0.39, 0.29) is 12.6 Å². The predicted octanol–water partition coefficient (Wildman–Crippen LogP) is 1.53. The van der Waals surface area contributed by atoms with Crippen molar-refractivity contribution in [1.29, 1.82) is 0 Å². The van der Waals surface area contributed by atoms with E-state index in [9.17, 15) is 4.79 Å². The fourth-order valence-electron chi connectivity index (χ4n) is 1.63. The van der Waals surface area contributed by atoms with Gasteiger partial charge in [-0.15, -0.1) is 0 Å². The zero-order valence-electron chi connectivity index (χ0n) is 11.6. The van der Waals surface area contributed by atoms with Crippen molar-refractivity contribution in [2.24, 2.45) is 5.73 Å². The van der Waals surface area contributed by atoms with E-state index in [1.165, 1.54) is 7.11 Å². The Balaban J connectivity index is 2.81. The molecule has 0 saturated heterocycles. The van der Waals surface area contributed by atoms with Crippen molar-refractivity contribution in [3.8, 4) is 11.5 Å². The first-order chi connectivity index (χ1) is 9.06. The standard InChI is InChI=1S/C14H21NO4/c1-4-18-13-8-11(7-10(2)15)5-6-12(13)19-9-14(16)17-3/h5-6,8,10H,4,7,9,15H2,1-3H3. The average molecular weight is 267 g/mol. The van der Waals surface area contributed by atoms with Crippen LogP contribution in [0.15, 0.2) is 18.2 Å². The monoisotopic (exact) mass is 267 g/mol. The molecule has 1 unspecified atom stereocenters. The van der Waals surface area contributed by atoms with Gasteiger partial charge < -0.3 is 19.9 Å². The molecule has 5 nitrogen and oxygen atoms in total. The second kappa shape index (κ2) is 7.63. The van der Waals surface area contributed by atoms with Gasteiger partial charge in [-0.25, -0.2) is 4.79 Å². The van der Waals surface area contributed by atoms with Crippen molar-refractivity contribution in [1.82, 2.24) is 0 Å². The normalized spacial score (nSPS) is 11.8. The van der Waals surface area contributed by atoms with Crippen LogP contribution in [-0.2, 0) is 16.0 Å². The van der Waals surface area contributed by atoms with Crippen LogP contribution in [-0.4, -0.2) is 32.3 Å². The third-order valence-corrected chi connectivity index (χ3v) is 2.44. The number of hydrogen-bond acceptors (Lipinski definition) is 5. The first-order valence-electron chi connectivity index (χ1n) is 6.27. The molecular weight excluding hydrogens is 246 g/mol. The minimum atomic E-state index is -0.429. The highest BCUT2D eigenvalue weighted by Gasteiger charge is 2.10. The van der Waals surface area contributed by atoms with E-state index >= 15 is 0 Å². The van der Waals surface area contributed by atoms with Crippen LogP contribution in [0.2, 0.25) is 0 Å². The van der Waals surface area contributed by atoms with Crippen molar-refractivity contribution in [3.05, 3.63) is 23.8 Å². The smallest absolute Gasteiger partial charge is 0.343 e. The van der Waals surface area contributed by atoms with Gasteiger partial charge in [-0.05, 0) is 38.0 Å². The van der Waals surface area contributed by atoms with E-state index < -0.39 is 5.97 Å². The van der Waals surface area contributed by atoms with Crippen LogP contribution in [0.3, 0.4) is 0 Å². The van der Waals surface area contributed by atoms with E-state index in [1.54, 1.807) is 6.07 Å². The lowest BCUT2D eigenvalue weighted by molar-refractivity contribution is -0.142. The molecule has 0 spiro atoms. The molecule has 0 amide bonds. The molecule has 5 heteroatoms. The van der Waals surface area contributed by atoms with Gasteiger partial charge in [0, 0.05) is 6.04 Å². The van der Waals surface area contributed by atoms with Gasteiger partial charge in [0.1, 0.15) is 0 Å². The number of methoxy groups -OCH3 is 1. The minimum absolute atomic E-state index is 0.0799. The fourth-order valence-corrected chi connectivity index (χ4v) is 1.63. The summed E-state index contributed by atoms with van der Waals surface area (Å²) in [5.74, 6) is 0.715. The van der Waals surface area contributed by atoms with Gasteiger partial charge >= 0.3 is 5.97 Å². The van der Waals surface area contributed by atoms with Crippen molar-refractivity contribution in [2.75, 3.05) is 20.3 Å². The fraction of sp³-hybridized carbons (Fsp3) is 0.500. The van der Waals surface area contributed by atoms with Gasteiger partial charge in [0.05, 0.1) is 13.7 Å². The molecule has 0 aliphatic heterocycles. The van der Waals surface area contributed by atoms with E-state index in [0.29, 0.717) is 18.1 Å². The van der Waals surface area contributed by atoms with Gasteiger partial charge in [-0.3, -0.25) is 0 Å². The molecule has 1 rings (SSSR count). The van der Waals surface area contributed by atoms with E-state index in [4.69, 9.17) is 15.2 Å². The van der Waals surface area contributed by atoms with Crippen LogP contribution in [0.1, 0.15) is 19.4 Å². The number of carbonyl (C=O) groups excluding carboxylic acids is 1. The van der Waals surface area contributed by atoms with Gasteiger partial charge in [0.15, 0.2) is 18.1 Å². The summed E-state index contributed by atoms with van der Waals surface area (Å²) >= 11 is 0. The second-order valence-corrected chi connectivity index (χ2v) is 4.26. The van der Waals surface area contributed by atoms with E-state index in [2.05, 4.69) is 4.74 Å². The number of esters is 1. The zero-order valence-corrected chi connectivity index (χ0v) is 11.6. The molecule has 19 heavy (non-hydrogen) atoms. The Labute approximate surface area is 113 Å². The summed E-state index contributed by atoms with van der Waals surface area (Å²) in [4.78, 5) is 11.1. The van der Waals surface area contributed by atoms with Crippen molar-refractivity contribution in [2.45, 2.75) is 26.3 Å². The Bertz CT molecular complexity index is 418. The molecule has 1 aromatic carbocycles. The number of rotatable bonds is 7. The molecule has 0 fully saturated rings. The number of benzene rings is 1. The lowest BCUT2D eigenvalue weighted by atomic mass is 10.1. The van der Waals surface area contributed by atoms with Gasteiger partial charge in [0.2, 0.25) is 0 Å². The summed E-state index contributed by atoms with van der Waals surface area (Å²) in [7, 11) is 1.32. The molecule has 106 valence electrons. The third kappa shape index (κ3) is 5.18. The Morgan fingerprint density at radius 2 is 2.05 bits per heavy atom. The maximum absolute atomic E-state index is 11.1. The van der Waals surface area contributed by atoms with Crippen molar-refractivity contribution >= 4 is 5.97 Å². The van der Waals surface area contributed by atoms with Crippen molar-refractivity contribution in [3.63, 3.8) is 0 Å². The molecule has 0 aliphatic carbocycles. The second-order valence-electron chi connectivity index (χ2n) is 4.26. The first-order valence-corrected chi connectivity index (χ1v) is 6.27. The molecule has 0 saturated carbocycles.